The Morgan fingerprint density at radius 2 is 1.95 bits per heavy atom. The maximum atomic E-state index is 12.6. The highest BCUT2D eigenvalue weighted by Crippen LogP contribution is 2.36. The Hall–Kier alpha value is -3.52. The molecule has 1 atom stereocenters. The molecule has 1 aromatic carbocycles. The third-order valence-electron chi connectivity index (χ3n) is 6.47. The summed E-state index contributed by atoms with van der Waals surface area (Å²) in [5.74, 6) is 1.09. The van der Waals surface area contributed by atoms with Gasteiger partial charge in [-0.2, -0.15) is 10.4 Å². The number of rotatable bonds is 8. The summed E-state index contributed by atoms with van der Waals surface area (Å²) in [6.07, 6.45) is 1.83. The normalized spacial score (nSPS) is 15.4. The highest BCUT2D eigenvalue weighted by molar-refractivity contribution is 6.35. The summed E-state index contributed by atoms with van der Waals surface area (Å²) in [6.45, 7) is 4.28. The average molecular weight is 558 g/mol. The number of H-pyrrole nitrogens is 1. The quantitative estimate of drug-likeness (QED) is 0.283. The van der Waals surface area contributed by atoms with Crippen molar-refractivity contribution in [2.75, 3.05) is 24.5 Å². The Labute approximate surface area is 227 Å². The van der Waals surface area contributed by atoms with Crippen LogP contribution in [-0.2, 0) is 0 Å². The summed E-state index contributed by atoms with van der Waals surface area (Å²) in [5.41, 5.74) is 2.60. The summed E-state index contributed by atoms with van der Waals surface area (Å²) in [5, 5.41) is 21.8. The molecule has 1 saturated heterocycles. The molecule has 0 amide bonds. The fraction of sp³-hybridized carbons (Fsp3) is 0.308. The molecule has 196 valence electrons. The third kappa shape index (κ3) is 5.10. The molecule has 38 heavy (non-hydrogen) atoms. The second-order valence-electron chi connectivity index (χ2n) is 9.45. The zero-order valence-corrected chi connectivity index (χ0v) is 22.0. The Kier molecular flexibility index (Phi) is 7.09. The summed E-state index contributed by atoms with van der Waals surface area (Å²) < 4.78 is 31.3. The van der Waals surface area contributed by atoms with Gasteiger partial charge in [0.1, 0.15) is 29.4 Å². The first-order valence-electron chi connectivity index (χ1n) is 11.8. The minimum atomic E-state index is -2.42. The fourth-order valence-electron chi connectivity index (χ4n) is 4.66. The molecule has 4 heterocycles. The van der Waals surface area contributed by atoms with E-state index in [1.807, 2.05) is 36.9 Å². The van der Waals surface area contributed by atoms with Crippen LogP contribution in [0.1, 0.15) is 31.1 Å². The van der Waals surface area contributed by atoms with E-state index < -0.39 is 18.1 Å². The maximum absolute atomic E-state index is 12.6. The molecule has 1 fully saturated rings. The SMILES string of the molecule is C[C@@H](Oc1ccc2[nH]nc(-c3cnc(N4CC(C)(NCC(F)F)C4)c(C#N)c3)c2c1)c1c(Cl)cncc1Cl. The van der Waals surface area contributed by atoms with Crippen LogP contribution in [0.25, 0.3) is 22.2 Å². The smallest absolute Gasteiger partial charge is 0.250 e. The third-order valence-corrected chi connectivity index (χ3v) is 7.07. The summed E-state index contributed by atoms with van der Waals surface area (Å²) in [6, 6.07) is 9.45. The monoisotopic (exact) mass is 557 g/mol. The molecule has 1 aliphatic heterocycles. The van der Waals surface area contributed by atoms with Crippen LogP contribution < -0.4 is 15.0 Å². The van der Waals surface area contributed by atoms with Crippen molar-refractivity contribution in [3.05, 3.63) is 64.0 Å². The summed E-state index contributed by atoms with van der Waals surface area (Å²) in [7, 11) is 0. The number of nitrogens with zero attached hydrogens (tertiary/aromatic N) is 5. The molecule has 4 aromatic rings. The van der Waals surface area contributed by atoms with Crippen molar-refractivity contribution in [2.24, 2.45) is 0 Å². The van der Waals surface area contributed by atoms with E-state index in [-0.39, 0.29) is 6.54 Å². The molecule has 5 rings (SSSR count). The van der Waals surface area contributed by atoms with Crippen LogP contribution in [0.3, 0.4) is 0 Å². The number of aromatic nitrogens is 4. The number of ether oxygens (including phenoxy) is 1. The van der Waals surface area contributed by atoms with Crippen molar-refractivity contribution >= 4 is 39.9 Å². The Morgan fingerprint density at radius 1 is 1.21 bits per heavy atom. The summed E-state index contributed by atoms with van der Waals surface area (Å²) in [4.78, 5) is 10.4. The lowest BCUT2D eigenvalue weighted by Gasteiger charge is -2.49. The Morgan fingerprint density at radius 3 is 2.63 bits per heavy atom. The lowest BCUT2D eigenvalue weighted by molar-refractivity contribution is 0.124. The molecule has 0 radical (unpaired) electrons. The van der Waals surface area contributed by atoms with Gasteiger partial charge in [-0.1, -0.05) is 23.2 Å². The number of nitrogens with one attached hydrogen (secondary N) is 2. The predicted octanol–water partition coefficient (Wildman–Crippen LogP) is 5.77. The van der Waals surface area contributed by atoms with Gasteiger partial charge >= 0.3 is 0 Å². The van der Waals surface area contributed by atoms with Crippen LogP contribution in [0, 0.1) is 11.3 Å². The van der Waals surface area contributed by atoms with E-state index in [1.165, 1.54) is 12.4 Å². The van der Waals surface area contributed by atoms with Gasteiger partial charge in [0.05, 0.1) is 33.2 Å². The van der Waals surface area contributed by atoms with Crippen molar-refractivity contribution < 1.29 is 13.5 Å². The average Bonchev–Trinajstić information content (AvgIpc) is 3.28. The first-order valence-corrected chi connectivity index (χ1v) is 12.6. The van der Waals surface area contributed by atoms with Crippen molar-refractivity contribution in [2.45, 2.75) is 31.9 Å². The molecule has 0 saturated carbocycles. The number of anilines is 1. The van der Waals surface area contributed by atoms with E-state index in [0.29, 0.717) is 57.1 Å². The molecule has 8 nitrogen and oxygen atoms in total. The minimum Gasteiger partial charge on any atom is -0.486 e. The number of halogens is 4. The van der Waals surface area contributed by atoms with E-state index in [1.54, 1.807) is 12.3 Å². The predicted molar refractivity (Wildman–Crippen MR) is 142 cm³/mol. The van der Waals surface area contributed by atoms with Crippen LogP contribution in [0.2, 0.25) is 10.0 Å². The second-order valence-corrected chi connectivity index (χ2v) is 10.3. The van der Waals surface area contributed by atoms with E-state index in [9.17, 15) is 14.0 Å². The van der Waals surface area contributed by atoms with Gasteiger partial charge in [0.25, 0.3) is 6.43 Å². The van der Waals surface area contributed by atoms with Gasteiger partial charge in [0.15, 0.2) is 0 Å². The Bertz CT molecular complexity index is 1510. The van der Waals surface area contributed by atoms with Crippen LogP contribution in [0.15, 0.2) is 42.9 Å². The topological polar surface area (TPSA) is 103 Å². The number of hydrogen-bond donors (Lipinski definition) is 2. The fourth-order valence-corrected chi connectivity index (χ4v) is 5.33. The van der Waals surface area contributed by atoms with E-state index in [0.717, 1.165) is 10.9 Å². The molecule has 0 aliphatic carbocycles. The van der Waals surface area contributed by atoms with Crippen LogP contribution >= 0.6 is 23.2 Å². The highest BCUT2D eigenvalue weighted by atomic mass is 35.5. The van der Waals surface area contributed by atoms with Gasteiger partial charge in [-0.3, -0.25) is 10.1 Å². The van der Waals surface area contributed by atoms with Gasteiger partial charge < -0.3 is 15.0 Å². The number of aromatic amines is 1. The van der Waals surface area contributed by atoms with Crippen molar-refractivity contribution in [1.29, 1.82) is 5.26 Å². The van der Waals surface area contributed by atoms with Gasteiger partial charge in [0, 0.05) is 48.2 Å². The van der Waals surface area contributed by atoms with E-state index >= 15 is 0 Å². The second kappa shape index (κ2) is 10.3. The first-order chi connectivity index (χ1) is 18.2. The van der Waals surface area contributed by atoms with E-state index in [4.69, 9.17) is 27.9 Å². The largest absolute Gasteiger partial charge is 0.486 e. The lowest BCUT2D eigenvalue weighted by atomic mass is 9.91. The number of pyridine rings is 2. The Balaban J connectivity index is 1.39. The zero-order valence-electron chi connectivity index (χ0n) is 20.5. The van der Waals surface area contributed by atoms with Crippen LogP contribution in [0.5, 0.6) is 5.75 Å². The van der Waals surface area contributed by atoms with Crippen LogP contribution in [-0.4, -0.2) is 51.8 Å². The highest BCUT2D eigenvalue weighted by Gasteiger charge is 2.40. The molecule has 3 aromatic heterocycles. The van der Waals surface area contributed by atoms with Gasteiger partial charge in [-0.15, -0.1) is 0 Å². The minimum absolute atomic E-state index is 0.373. The van der Waals surface area contributed by atoms with Gasteiger partial charge in [-0.05, 0) is 38.1 Å². The molecule has 0 spiro atoms. The van der Waals surface area contributed by atoms with Crippen LogP contribution in [0.4, 0.5) is 14.6 Å². The van der Waals surface area contributed by atoms with E-state index in [2.05, 4.69) is 31.6 Å². The maximum Gasteiger partial charge on any atom is 0.250 e. The molecule has 1 aliphatic rings. The molecule has 0 bridgehead atoms. The van der Waals surface area contributed by atoms with Crippen molar-refractivity contribution in [3.63, 3.8) is 0 Å². The molecule has 2 N–H and O–H groups in total. The summed E-state index contributed by atoms with van der Waals surface area (Å²) >= 11 is 12.6. The standard InChI is InChI=1S/C26H23Cl2F2N7O/c1-14(23-19(27)9-32-10-20(23)28)38-17-3-4-21-18(6-17)24(36-35-21)16-5-15(7-31)25(33-8-16)37-12-26(2,13-37)34-11-22(29)30/h3-6,8-10,14,22,34H,11-13H2,1-2H3,(H,35,36)/t14-/m1/s1. The van der Waals surface area contributed by atoms with Gasteiger partial charge in [-0.25, -0.2) is 13.8 Å². The number of hydrogen-bond acceptors (Lipinski definition) is 7. The number of benzene rings is 1. The van der Waals surface area contributed by atoms with Gasteiger partial charge in [0.2, 0.25) is 0 Å². The molecule has 12 heteroatoms. The number of nitriles is 1. The molecule has 0 unspecified atom stereocenters. The van der Waals surface area contributed by atoms with Crippen molar-refractivity contribution in [1.82, 2.24) is 25.5 Å². The van der Waals surface area contributed by atoms with Crippen molar-refractivity contribution in [3.8, 4) is 23.1 Å². The first kappa shape index (κ1) is 26.1. The molecular weight excluding hydrogens is 535 g/mol. The molecular formula is C26H23Cl2F2N7O. The number of alkyl halides is 2. The lowest BCUT2D eigenvalue weighted by Crippen LogP contribution is -2.68. The zero-order chi connectivity index (χ0) is 27.0. The number of fused-ring (bicyclic) bond motifs is 1.